The predicted octanol–water partition coefficient (Wildman–Crippen LogP) is 2.37. The summed E-state index contributed by atoms with van der Waals surface area (Å²) in [4.78, 5) is 4.44. The van der Waals surface area contributed by atoms with Crippen LogP contribution in [-0.2, 0) is 14.4 Å². The van der Waals surface area contributed by atoms with Gasteiger partial charge in [0.1, 0.15) is 11.9 Å². The first kappa shape index (κ1) is 14.3. The van der Waals surface area contributed by atoms with Crippen molar-refractivity contribution in [3.8, 4) is 5.75 Å². The van der Waals surface area contributed by atoms with Crippen molar-refractivity contribution < 1.29 is 24.7 Å². The molecule has 0 amide bonds. The SMILES string of the molecule is CCC1(COCC(OO)c2ccc(O)cc2)COC1. The molecule has 1 fully saturated rings. The molecule has 1 aromatic carbocycles. The van der Waals surface area contributed by atoms with E-state index >= 15 is 0 Å². The fourth-order valence-electron chi connectivity index (χ4n) is 2.04. The number of hydrogen-bond acceptors (Lipinski definition) is 5. The zero-order chi connectivity index (χ0) is 13.7. The molecular weight excluding hydrogens is 248 g/mol. The Bertz CT molecular complexity index is 380. The van der Waals surface area contributed by atoms with Crippen molar-refractivity contribution in [2.75, 3.05) is 26.4 Å². The van der Waals surface area contributed by atoms with Crippen molar-refractivity contribution >= 4 is 0 Å². The Kier molecular flexibility index (Phi) is 4.76. The van der Waals surface area contributed by atoms with Crippen molar-refractivity contribution in [2.24, 2.45) is 5.41 Å². The summed E-state index contributed by atoms with van der Waals surface area (Å²) in [5, 5.41) is 18.2. The standard InChI is InChI=1S/C14H20O5/c1-2-14(9-18-10-14)8-17-7-13(19-16)11-3-5-12(15)6-4-11/h3-6,13,15-16H,2,7-10H2,1H3. The average Bonchev–Trinajstić information content (AvgIpc) is 2.39. The number of benzene rings is 1. The van der Waals surface area contributed by atoms with E-state index in [4.69, 9.17) is 14.7 Å². The lowest BCUT2D eigenvalue weighted by molar-refractivity contribution is -0.293. The van der Waals surface area contributed by atoms with Crippen LogP contribution in [0.2, 0.25) is 0 Å². The first-order valence-electron chi connectivity index (χ1n) is 6.44. The molecule has 1 atom stereocenters. The predicted molar refractivity (Wildman–Crippen MR) is 68.9 cm³/mol. The average molecular weight is 268 g/mol. The van der Waals surface area contributed by atoms with E-state index in [1.54, 1.807) is 24.3 Å². The van der Waals surface area contributed by atoms with Crippen molar-refractivity contribution in [1.29, 1.82) is 0 Å². The fourth-order valence-corrected chi connectivity index (χ4v) is 2.04. The molecule has 5 heteroatoms. The Morgan fingerprint density at radius 2 is 2.00 bits per heavy atom. The van der Waals surface area contributed by atoms with Crippen LogP contribution < -0.4 is 0 Å². The smallest absolute Gasteiger partial charge is 0.141 e. The number of hydrogen-bond donors (Lipinski definition) is 2. The Labute approximate surface area is 112 Å². The summed E-state index contributed by atoms with van der Waals surface area (Å²) in [7, 11) is 0. The van der Waals surface area contributed by atoms with E-state index in [1.807, 2.05) is 0 Å². The number of aromatic hydroxyl groups is 1. The summed E-state index contributed by atoms with van der Waals surface area (Å²) in [6.45, 7) is 4.44. The molecule has 1 aliphatic heterocycles. The van der Waals surface area contributed by atoms with E-state index in [9.17, 15) is 5.11 Å². The molecule has 0 bridgehead atoms. The van der Waals surface area contributed by atoms with Crippen LogP contribution in [-0.4, -0.2) is 36.8 Å². The van der Waals surface area contributed by atoms with Crippen LogP contribution in [0.15, 0.2) is 24.3 Å². The highest BCUT2D eigenvalue weighted by Crippen LogP contribution is 2.32. The zero-order valence-corrected chi connectivity index (χ0v) is 11.0. The van der Waals surface area contributed by atoms with Crippen LogP contribution in [0.4, 0.5) is 0 Å². The Morgan fingerprint density at radius 1 is 1.32 bits per heavy atom. The van der Waals surface area contributed by atoms with Gasteiger partial charge in [-0.05, 0) is 24.1 Å². The third kappa shape index (κ3) is 3.45. The molecule has 1 aromatic rings. The number of rotatable bonds is 7. The molecule has 2 rings (SSSR count). The van der Waals surface area contributed by atoms with Crippen LogP contribution in [0.3, 0.4) is 0 Å². The second kappa shape index (κ2) is 6.34. The molecule has 0 saturated carbocycles. The van der Waals surface area contributed by atoms with Crippen molar-refractivity contribution in [1.82, 2.24) is 0 Å². The van der Waals surface area contributed by atoms with Crippen LogP contribution >= 0.6 is 0 Å². The first-order chi connectivity index (χ1) is 9.19. The van der Waals surface area contributed by atoms with Gasteiger partial charge < -0.3 is 14.6 Å². The van der Waals surface area contributed by atoms with Crippen molar-refractivity contribution in [3.05, 3.63) is 29.8 Å². The van der Waals surface area contributed by atoms with Gasteiger partial charge in [-0.3, -0.25) is 5.26 Å². The lowest BCUT2D eigenvalue weighted by Crippen LogP contribution is -2.46. The molecule has 1 saturated heterocycles. The van der Waals surface area contributed by atoms with Crippen molar-refractivity contribution in [3.63, 3.8) is 0 Å². The zero-order valence-electron chi connectivity index (χ0n) is 11.0. The van der Waals surface area contributed by atoms with Gasteiger partial charge in [-0.1, -0.05) is 19.1 Å². The van der Waals surface area contributed by atoms with Crippen LogP contribution in [0.25, 0.3) is 0 Å². The summed E-state index contributed by atoms with van der Waals surface area (Å²) in [6, 6.07) is 6.49. The molecule has 1 heterocycles. The van der Waals surface area contributed by atoms with E-state index in [-0.39, 0.29) is 17.8 Å². The number of phenolic OH excluding ortho intramolecular Hbond substituents is 1. The number of phenols is 1. The summed E-state index contributed by atoms with van der Waals surface area (Å²) in [6.07, 6.45) is 0.465. The Hall–Kier alpha value is -1.14. The molecule has 106 valence electrons. The minimum atomic E-state index is -0.546. The van der Waals surface area contributed by atoms with Gasteiger partial charge in [-0.25, -0.2) is 4.89 Å². The largest absolute Gasteiger partial charge is 0.508 e. The van der Waals surface area contributed by atoms with E-state index < -0.39 is 6.10 Å². The highest BCUT2D eigenvalue weighted by molar-refractivity contribution is 5.27. The van der Waals surface area contributed by atoms with E-state index in [2.05, 4.69) is 11.8 Å². The molecule has 0 radical (unpaired) electrons. The molecular formula is C14H20O5. The third-order valence-electron chi connectivity index (χ3n) is 3.64. The molecule has 5 nitrogen and oxygen atoms in total. The molecule has 1 unspecified atom stereocenters. The molecule has 2 N–H and O–H groups in total. The Balaban J connectivity index is 1.84. The van der Waals surface area contributed by atoms with Crippen molar-refractivity contribution in [2.45, 2.75) is 19.4 Å². The molecule has 0 aromatic heterocycles. The monoisotopic (exact) mass is 268 g/mol. The van der Waals surface area contributed by atoms with Gasteiger partial charge in [0.25, 0.3) is 0 Å². The summed E-state index contributed by atoms with van der Waals surface area (Å²) >= 11 is 0. The fraction of sp³-hybridized carbons (Fsp3) is 0.571. The van der Waals surface area contributed by atoms with Gasteiger partial charge in [0.15, 0.2) is 0 Å². The van der Waals surface area contributed by atoms with Crippen LogP contribution in [0.1, 0.15) is 25.0 Å². The van der Waals surface area contributed by atoms with Crippen LogP contribution in [0.5, 0.6) is 5.75 Å². The van der Waals surface area contributed by atoms with Gasteiger partial charge in [0.05, 0.1) is 26.4 Å². The summed E-state index contributed by atoms with van der Waals surface area (Å²) < 4.78 is 10.9. The van der Waals surface area contributed by atoms with Gasteiger partial charge in [0, 0.05) is 5.41 Å². The maximum atomic E-state index is 9.22. The lowest BCUT2D eigenvalue weighted by atomic mass is 9.84. The molecule has 1 aliphatic rings. The second-order valence-electron chi connectivity index (χ2n) is 5.05. The molecule has 19 heavy (non-hydrogen) atoms. The quantitative estimate of drug-likeness (QED) is 0.587. The van der Waals surface area contributed by atoms with E-state index in [0.29, 0.717) is 6.61 Å². The maximum absolute atomic E-state index is 9.22. The normalized spacial score (nSPS) is 18.8. The highest BCUT2D eigenvalue weighted by atomic mass is 17.1. The lowest BCUT2D eigenvalue weighted by Gasteiger charge is -2.40. The second-order valence-corrected chi connectivity index (χ2v) is 5.05. The first-order valence-corrected chi connectivity index (χ1v) is 6.44. The van der Waals surface area contributed by atoms with Crippen LogP contribution in [0, 0.1) is 5.41 Å². The van der Waals surface area contributed by atoms with Gasteiger partial charge in [-0.15, -0.1) is 0 Å². The topological polar surface area (TPSA) is 68.2 Å². The minimum absolute atomic E-state index is 0.120. The van der Waals surface area contributed by atoms with Gasteiger partial charge >= 0.3 is 0 Å². The number of ether oxygens (including phenoxy) is 2. The van der Waals surface area contributed by atoms with Gasteiger partial charge in [-0.2, -0.15) is 0 Å². The Morgan fingerprint density at radius 3 is 2.47 bits per heavy atom. The van der Waals surface area contributed by atoms with E-state index in [0.717, 1.165) is 25.2 Å². The molecule has 0 aliphatic carbocycles. The third-order valence-corrected chi connectivity index (χ3v) is 3.64. The van der Waals surface area contributed by atoms with E-state index in [1.165, 1.54) is 0 Å². The van der Waals surface area contributed by atoms with Gasteiger partial charge in [0.2, 0.25) is 0 Å². The minimum Gasteiger partial charge on any atom is -0.508 e. The highest BCUT2D eigenvalue weighted by Gasteiger charge is 2.37. The summed E-state index contributed by atoms with van der Waals surface area (Å²) in [5.74, 6) is 0.179. The maximum Gasteiger partial charge on any atom is 0.141 e. The summed E-state index contributed by atoms with van der Waals surface area (Å²) in [5.41, 5.74) is 0.880. The molecule has 0 spiro atoms.